The first-order chi connectivity index (χ1) is 13.5. The maximum absolute atomic E-state index is 10.5. The highest BCUT2D eigenvalue weighted by molar-refractivity contribution is 6.35. The highest BCUT2D eigenvalue weighted by Crippen LogP contribution is 2.23. The summed E-state index contributed by atoms with van der Waals surface area (Å²) in [5.41, 5.74) is 0.920. The van der Waals surface area contributed by atoms with Gasteiger partial charge in [0.2, 0.25) is 0 Å². The van der Waals surface area contributed by atoms with Crippen LogP contribution in [0.2, 0.25) is 15.1 Å². The molecule has 3 rings (SSSR count). The molecule has 0 aliphatic rings. The van der Waals surface area contributed by atoms with E-state index >= 15 is 0 Å². The van der Waals surface area contributed by atoms with E-state index in [0.717, 1.165) is 11.3 Å². The Labute approximate surface area is 179 Å². The Morgan fingerprint density at radius 3 is 2.39 bits per heavy atom. The van der Waals surface area contributed by atoms with Gasteiger partial charge >= 0.3 is 0 Å². The number of aliphatic hydroxyl groups excluding tert-OH is 1. The molecule has 1 atom stereocenters. The van der Waals surface area contributed by atoms with Gasteiger partial charge in [0.25, 0.3) is 0 Å². The molecule has 3 aromatic rings. The van der Waals surface area contributed by atoms with Gasteiger partial charge in [0.15, 0.2) is 0 Å². The molecular formula is C21H20Cl3NO3. The SMILES string of the molecule is O[C@@H](COc1ccc(Cl)cc1)CN(Cc1ccco1)Cc1ccc(Cl)cc1Cl. The Morgan fingerprint density at radius 1 is 0.964 bits per heavy atom. The molecule has 0 radical (unpaired) electrons. The van der Waals surface area contributed by atoms with Gasteiger partial charge in [0.1, 0.15) is 24.2 Å². The van der Waals surface area contributed by atoms with Crippen LogP contribution in [0.15, 0.2) is 65.3 Å². The summed E-state index contributed by atoms with van der Waals surface area (Å²) in [5.74, 6) is 1.46. The van der Waals surface area contributed by atoms with E-state index in [2.05, 4.69) is 0 Å². The van der Waals surface area contributed by atoms with Crippen LogP contribution in [0.3, 0.4) is 0 Å². The van der Waals surface area contributed by atoms with Crippen molar-refractivity contribution >= 4 is 34.8 Å². The lowest BCUT2D eigenvalue weighted by Gasteiger charge is -2.25. The second-order valence-corrected chi connectivity index (χ2v) is 7.68. The van der Waals surface area contributed by atoms with Gasteiger partial charge in [-0.15, -0.1) is 0 Å². The standard InChI is InChI=1S/C21H20Cl3NO3/c22-16-5-7-19(8-6-16)28-14-18(26)12-25(13-20-2-1-9-27-20)11-15-3-4-17(23)10-21(15)24/h1-10,18,26H,11-14H2/t18-/m1/s1. The van der Waals surface area contributed by atoms with Gasteiger partial charge in [-0.3, -0.25) is 4.90 Å². The number of aliphatic hydroxyl groups is 1. The number of rotatable bonds is 9. The van der Waals surface area contributed by atoms with Crippen LogP contribution < -0.4 is 4.74 Å². The lowest BCUT2D eigenvalue weighted by atomic mass is 10.2. The number of ether oxygens (including phenoxy) is 1. The summed E-state index contributed by atoms with van der Waals surface area (Å²) >= 11 is 18.2. The molecule has 2 aromatic carbocycles. The molecule has 1 N–H and O–H groups in total. The second kappa shape index (κ2) is 10.2. The molecule has 0 spiro atoms. The quantitative estimate of drug-likeness (QED) is 0.465. The number of hydrogen-bond acceptors (Lipinski definition) is 4. The highest BCUT2D eigenvalue weighted by Gasteiger charge is 2.16. The van der Waals surface area contributed by atoms with Gasteiger partial charge in [-0.25, -0.2) is 0 Å². The minimum Gasteiger partial charge on any atom is -0.491 e. The molecule has 0 aliphatic carbocycles. The molecule has 1 heterocycles. The van der Waals surface area contributed by atoms with Crippen LogP contribution in [0.25, 0.3) is 0 Å². The fourth-order valence-corrected chi connectivity index (χ4v) is 3.37. The summed E-state index contributed by atoms with van der Waals surface area (Å²) in [6, 6.07) is 16.2. The first kappa shape index (κ1) is 21.0. The monoisotopic (exact) mass is 439 g/mol. The van der Waals surface area contributed by atoms with Crippen molar-refractivity contribution in [3.63, 3.8) is 0 Å². The van der Waals surface area contributed by atoms with Crippen molar-refractivity contribution in [3.05, 3.63) is 87.3 Å². The Bertz CT molecular complexity index is 869. The Hall–Kier alpha value is -1.69. The first-order valence-electron chi connectivity index (χ1n) is 8.74. The van der Waals surface area contributed by atoms with E-state index in [1.807, 2.05) is 23.1 Å². The molecule has 0 saturated heterocycles. The largest absolute Gasteiger partial charge is 0.491 e. The molecule has 28 heavy (non-hydrogen) atoms. The number of nitrogens with zero attached hydrogens (tertiary/aromatic N) is 1. The summed E-state index contributed by atoms with van der Waals surface area (Å²) in [6.07, 6.45) is 0.930. The van der Waals surface area contributed by atoms with Crippen LogP contribution in [-0.4, -0.2) is 29.3 Å². The third-order valence-corrected chi connectivity index (χ3v) is 4.93. The molecule has 1 aromatic heterocycles. The highest BCUT2D eigenvalue weighted by atomic mass is 35.5. The van der Waals surface area contributed by atoms with Crippen LogP contribution in [0, 0.1) is 0 Å². The summed E-state index contributed by atoms with van der Waals surface area (Å²) in [5, 5.41) is 12.3. The molecule has 0 saturated carbocycles. The number of benzene rings is 2. The zero-order valence-corrected chi connectivity index (χ0v) is 17.3. The van der Waals surface area contributed by atoms with Crippen molar-refractivity contribution in [2.24, 2.45) is 0 Å². The summed E-state index contributed by atoms with van der Waals surface area (Å²) in [4.78, 5) is 2.05. The maximum atomic E-state index is 10.5. The van der Waals surface area contributed by atoms with Gasteiger partial charge in [0.05, 0.1) is 12.8 Å². The van der Waals surface area contributed by atoms with Gasteiger partial charge in [-0.2, -0.15) is 0 Å². The molecule has 7 heteroatoms. The van der Waals surface area contributed by atoms with Gasteiger partial charge in [-0.1, -0.05) is 40.9 Å². The zero-order chi connectivity index (χ0) is 19.9. The number of furan rings is 1. The molecular weight excluding hydrogens is 421 g/mol. The summed E-state index contributed by atoms with van der Waals surface area (Å²) in [7, 11) is 0. The number of halogens is 3. The minimum absolute atomic E-state index is 0.157. The molecule has 4 nitrogen and oxygen atoms in total. The second-order valence-electron chi connectivity index (χ2n) is 6.40. The van der Waals surface area contributed by atoms with E-state index in [4.69, 9.17) is 44.0 Å². The molecule has 0 amide bonds. The summed E-state index contributed by atoms with van der Waals surface area (Å²) in [6.45, 7) is 1.61. The zero-order valence-electron chi connectivity index (χ0n) is 15.0. The van der Waals surface area contributed by atoms with Crippen molar-refractivity contribution in [2.75, 3.05) is 13.2 Å². The normalized spacial score (nSPS) is 12.3. The van der Waals surface area contributed by atoms with Crippen LogP contribution in [0.4, 0.5) is 0 Å². The van der Waals surface area contributed by atoms with Crippen molar-refractivity contribution in [2.45, 2.75) is 19.2 Å². The maximum Gasteiger partial charge on any atom is 0.119 e. The Morgan fingerprint density at radius 2 is 1.71 bits per heavy atom. The lowest BCUT2D eigenvalue weighted by Crippen LogP contribution is -2.35. The van der Waals surface area contributed by atoms with E-state index in [0.29, 0.717) is 40.5 Å². The van der Waals surface area contributed by atoms with Gasteiger partial charge in [-0.05, 0) is 54.1 Å². The lowest BCUT2D eigenvalue weighted by molar-refractivity contribution is 0.0605. The Balaban J connectivity index is 1.63. The van der Waals surface area contributed by atoms with Crippen LogP contribution in [0.1, 0.15) is 11.3 Å². The molecule has 0 fully saturated rings. The van der Waals surface area contributed by atoms with E-state index in [1.54, 1.807) is 42.7 Å². The van der Waals surface area contributed by atoms with Crippen molar-refractivity contribution in [1.82, 2.24) is 4.90 Å². The van der Waals surface area contributed by atoms with Crippen molar-refractivity contribution < 1.29 is 14.3 Å². The topological polar surface area (TPSA) is 45.8 Å². The van der Waals surface area contributed by atoms with E-state index in [-0.39, 0.29) is 6.61 Å². The van der Waals surface area contributed by atoms with E-state index in [1.165, 1.54) is 0 Å². The summed E-state index contributed by atoms with van der Waals surface area (Å²) < 4.78 is 11.1. The third-order valence-electron chi connectivity index (χ3n) is 4.09. The Kier molecular flexibility index (Phi) is 7.65. The molecule has 0 bridgehead atoms. The predicted octanol–water partition coefficient (Wildman–Crippen LogP) is 5.68. The van der Waals surface area contributed by atoms with Crippen LogP contribution >= 0.6 is 34.8 Å². The van der Waals surface area contributed by atoms with Crippen LogP contribution in [-0.2, 0) is 13.1 Å². The average molecular weight is 441 g/mol. The van der Waals surface area contributed by atoms with Crippen molar-refractivity contribution in [3.8, 4) is 5.75 Å². The van der Waals surface area contributed by atoms with Crippen molar-refractivity contribution in [1.29, 1.82) is 0 Å². The predicted molar refractivity (Wildman–Crippen MR) is 112 cm³/mol. The first-order valence-corrected chi connectivity index (χ1v) is 9.88. The number of hydrogen-bond donors (Lipinski definition) is 1. The molecule has 0 unspecified atom stereocenters. The minimum atomic E-state index is -0.697. The molecule has 148 valence electrons. The van der Waals surface area contributed by atoms with E-state index < -0.39 is 6.10 Å². The molecule has 0 aliphatic heterocycles. The fourth-order valence-electron chi connectivity index (χ4n) is 2.77. The smallest absolute Gasteiger partial charge is 0.119 e. The third kappa shape index (κ3) is 6.43. The van der Waals surface area contributed by atoms with Gasteiger partial charge in [0, 0.05) is 28.2 Å². The average Bonchev–Trinajstić information content (AvgIpc) is 3.16. The van der Waals surface area contributed by atoms with E-state index in [9.17, 15) is 5.11 Å². The van der Waals surface area contributed by atoms with Gasteiger partial charge < -0.3 is 14.3 Å². The van der Waals surface area contributed by atoms with Crippen LogP contribution in [0.5, 0.6) is 5.75 Å². The fraction of sp³-hybridized carbons (Fsp3) is 0.238.